The molecule has 0 saturated carbocycles. The van der Waals surface area contributed by atoms with Crippen molar-refractivity contribution in [3.63, 3.8) is 0 Å². The number of fused-ring (bicyclic) bond motifs is 1. The van der Waals surface area contributed by atoms with Gasteiger partial charge in [0.25, 0.3) is 0 Å². The molecule has 2 aliphatic rings. The van der Waals surface area contributed by atoms with Gasteiger partial charge in [-0.1, -0.05) is 36.4 Å². The first-order chi connectivity index (χ1) is 7.45. The maximum absolute atomic E-state index is 4.52. The van der Waals surface area contributed by atoms with Crippen molar-refractivity contribution in [2.24, 2.45) is 4.99 Å². The molecule has 0 radical (unpaired) electrons. The summed E-state index contributed by atoms with van der Waals surface area (Å²) in [6.07, 6.45) is 8.25. The second kappa shape index (κ2) is 3.39. The maximum atomic E-state index is 4.52. The molecule has 15 heavy (non-hydrogen) atoms. The van der Waals surface area contributed by atoms with Crippen molar-refractivity contribution in [2.45, 2.75) is 6.04 Å². The summed E-state index contributed by atoms with van der Waals surface area (Å²) in [5.74, 6) is 1.08. The number of nitrogens with zero attached hydrogens (tertiary/aromatic N) is 2. The van der Waals surface area contributed by atoms with Crippen LogP contribution in [0.25, 0.3) is 0 Å². The molecule has 0 bridgehead atoms. The highest BCUT2D eigenvalue weighted by Gasteiger charge is 2.26. The van der Waals surface area contributed by atoms with Gasteiger partial charge in [-0.15, -0.1) is 0 Å². The molecule has 1 aromatic rings. The third-order valence-electron chi connectivity index (χ3n) is 2.81. The van der Waals surface area contributed by atoms with E-state index in [9.17, 15) is 0 Å². The smallest absolute Gasteiger partial charge is 0.128 e. The van der Waals surface area contributed by atoms with Crippen LogP contribution in [0.4, 0.5) is 0 Å². The van der Waals surface area contributed by atoms with Gasteiger partial charge in [-0.05, 0) is 17.7 Å². The van der Waals surface area contributed by atoms with E-state index in [1.807, 2.05) is 12.1 Å². The third-order valence-corrected chi connectivity index (χ3v) is 2.81. The molecular weight excluding hydrogens is 184 g/mol. The summed E-state index contributed by atoms with van der Waals surface area (Å²) in [7, 11) is 0. The highest BCUT2D eigenvalue weighted by Crippen LogP contribution is 2.28. The van der Waals surface area contributed by atoms with Gasteiger partial charge in [-0.2, -0.15) is 0 Å². The molecule has 1 aromatic carbocycles. The highest BCUT2D eigenvalue weighted by atomic mass is 15.3. The van der Waals surface area contributed by atoms with Crippen LogP contribution in [0.5, 0.6) is 0 Å². The Morgan fingerprint density at radius 3 is 2.87 bits per heavy atom. The summed E-state index contributed by atoms with van der Waals surface area (Å²) in [6, 6.07) is 10.9. The average molecular weight is 196 g/mol. The van der Waals surface area contributed by atoms with Gasteiger partial charge in [0, 0.05) is 6.20 Å². The van der Waals surface area contributed by atoms with Crippen LogP contribution in [0.3, 0.4) is 0 Å². The van der Waals surface area contributed by atoms with Gasteiger partial charge in [0.1, 0.15) is 5.84 Å². The number of amidine groups is 1. The zero-order chi connectivity index (χ0) is 10.1. The molecule has 0 amide bonds. The lowest BCUT2D eigenvalue weighted by Crippen LogP contribution is -2.25. The summed E-state index contributed by atoms with van der Waals surface area (Å²) in [6.45, 7) is 0.855. The Balaban J connectivity index is 1.93. The van der Waals surface area contributed by atoms with E-state index in [1.54, 1.807) is 0 Å². The maximum Gasteiger partial charge on any atom is 0.128 e. The quantitative estimate of drug-likeness (QED) is 0.674. The first-order valence-corrected chi connectivity index (χ1v) is 5.18. The van der Waals surface area contributed by atoms with Crippen LogP contribution in [0.1, 0.15) is 11.6 Å². The van der Waals surface area contributed by atoms with E-state index >= 15 is 0 Å². The minimum Gasteiger partial charge on any atom is -0.324 e. The van der Waals surface area contributed by atoms with Crippen molar-refractivity contribution in [2.75, 3.05) is 6.54 Å². The predicted molar refractivity (Wildman–Crippen MR) is 61.6 cm³/mol. The van der Waals surface area contributed by atoms with Crippen LogP contribution < -0.4 is 0 Å². The van der Waals surface area contributed by atoms with Gasteiger partial charge in [-0.3, -0.25) is 4.99 Å². The zero-order valence-electron chi connectivity index (χ0n) is 8.38. The van der Waals surface area contributed by atoms with Gasteiger partial charge < -0.3 is 4.90 Å². The number of rotatable bonds is 1. The van der Waals surface area contributed by atoms with Crippen molar-refractivity contribution < 1.29 is 0 Å². The summed E-state index contributed by atoms with van der Waals surface area (Å²) >= 11 is 0. The zero-order valence-corrected chi connectivity index (χ0v) is 8.38. The van der Waals surface area contributed by atoms with E-state index in [0.29, 0.717) is 6.04 Å². The highest BCUT2D eigenvalue weighted by molar-refractivity contribution is 5.96. The van der Waals surface area contributed by atoms with Crippen molar-refractivity contribution >= 4 is 5.84 Å². The lowest BCUT2D eigenvalue weighted by molar-refractivity contribution is 0.458. The number of hydrogen-bond donors (Lipinski definition) is 0. The predicted octanol–water partition coefficient (Wildman–Crippen LogP) is 2.53. The molecule has 0 saturated heterocycles. The molecule has 0 aromatic heterocycles. The van der Waals surface area contributed by atoms with Gasteiger partial charge in [0.2, 0.25) is 0 Å². The van der Waals surface area contributed by atoms with Crippen LogP contribution in [0.2, 0.25) is 0 Å². The topological polar surface area (TPSA) is 15.6 Å². The minimum atomic E-state index is 0.377. The Bertz CT molecular complexity index is 443. The molecule has 3 rings (SSSR count). The van der Waals surface area contributed by atoms with Gasteiger partial charge >= 0.3 is 0 Å². The minimum absolute atomic E-state index is 0.377. The Labute approximate surface area is 89.3 Å². The molecule has 1 unspecified atom stereocenters. The SMILES string of the molecule is C1=CC2=NCC(c3ccccc3)N2C=C1. The summed E-state index contributed by atoms with van der Waals surface area (Å²) in [5.41, 5.74) is 1.33. The Hall–Kier alpha value is -1.83. The molecule has 2 heteroatoms. The molecule has 2 nitrogen and oxygen atoms in total. The molecule has 74 valence electrons. The Kier molecular flexibility index (Phi) is 1.91. The summed E-state index contributed by atoms with van der Waals surface area (Å²) < 4.78 is 0. The average Bonchev–Trinajstić information content (AvgIpc) is 2.74. The molecule has 2 heterocycles. The normalized spacial score (nSPS) is 22.8. The second-order valence-electron chi connectivity index (χ2n) is 3.73. The van der Waals surface area contributed by atoms with Gasteiger partial charge in [0.05, 0.1) is 12.6 Å². The van der Waals surface area contributed by atoms with E-state index in [-0.39, 0.29) is 0 Å². The van der Waals surface area contributed by atoms with E-state index in [1.165, 1.54) is 5.56 Å². The summed E-state index contributed by atoms with van der Waals surface area (Å²) in [5, 5.41) is 0. The standard InChI is InChI=1S/C13H12N2/c1-2-6-11(7-3-1)12-10-14-13-8-4-5-9-15(12)13/h1-9,12H,10H2. The van der Waals surface area contributed by atoms with Crippen molar-refractivity contribution in [3.8, 4) is 0 Å². The van der Waals surface area contributed by atoms with Gasteiger partial charge in [-0.25, -0.2) is 0 Å². The van der Waals surface area contributed by atoms with E-state index in [2.05, 4.69) is 52.5 Å². The molecule has 0 spiro atoms. The Morgan fingerprint density at radius 2 is 2.00 bits per heavy atom. The van der Waals surface area contributed by atoms with E-state index in [0.717, 1.165) is 12.4 Å². The number of allylic oxidation sites excluding steroid dienone is 2. The van der Waals surface area contributed by atoms with E-state index < -0.39 is 0 Å². The first-order valence-electron chi connectivity index (χ1n) is 5.18. The van der Waals surface area contributed by atoms with Crippen molar-refractivity contribution in [1.82, 2.24) is 4.90 Å². The first kappa shape index (κ1) is 8.48. The molecule has 0 N–H and O–H groups in total. The molecule has 2 aliphatic heterocycles. The fourth-order valence-corrected chi connectivity index (χ4v) is 2.05. The Morgan fingerprint density at radius 1 is 1.13 bits per heavy atom. The molecule has 1 atom stereocenters. The lowest BCUT2D eigenvalue weighted by Gasteiger charge is -2.24. The number of hydrogen-bond acceptors (Lipinski definition) is 2. The molecule has 0 aliphatic carbocycles. The molecule has 0 fully saturated rings. The number of benzene rings is 1. The van der Waals surface area contributed by atoms with Gasteiger partial charge in [0.15, 0.2) is 0 Å². The fourth-order valence-electron chi connectivity index (χ4n) is 2.05. The third kappa shape index (κ3) is 1.38. The monoisotopic (exact) mass is 196 g/mol. The van der Waals surface area contributed by atoms with Crippen LogP contribution in [0.15, 0.2) is 59.8 Å². The lowest BCUT2D eigenvalue weighted by atomic mass is 10.1. The largest absolute Gasteiger partial charge is 0.324 e. The van der Waals surface area contributed by atoms with Crippen molar-refractivity contribution in [3.05, 3.63) is 60.3 Å². The fraction of sp³-hybridized carbons (Fsp3) is 0.154. The second-order valence-corrected chi connectivity index (χ2v) is 3.73. The van der Waals surface area contributed by atoms with Crippen LogP contribution in [-0.2, 0) is 0 Å². The summed E-state index contributed by atoms with van der Waals surface area (Å²) in [4.78, 5) is 6.75. The van der Waals surface area contributed by atoms with Crippen molar-refractivity contribution in [1.29, 1.82) is 0 Å². The molecular formula is C13H12N2. The number of aliphatic imine (C=N–C) groups is 1. The van der Waals surface area contributed by atoms with Crippen LogP contribution >= 0.6 is 0 Å². The van der Waals surface area contributed by atoms with Crippen LogP contribution in [-0.4, -0.2) is 17.3 Å². The van der Waals surface area contributed by atoms with E-state index in [4.69, 9.17) is 0 Å². The van der Waals surface area contributed by atoms with Crippen LogP contribution in [0, 0.1) is 0 Å².